The van der Waals surface area contributed by atoms with Crippen LogP contribution in [0.15, 0.2) is 18.2 Å². The summed E-state index contributed by atoms with van der Waals surface area (Å²) in [6.45, 7) is 3.02. The first kappa shape index (κ1) is 14.7. The van der Waals surface area contributed by atoms with Crippen molar-refractivity contribution in [2.24, 2.45) is 0 Å². The fraction of sp³-hybridized carbons (Fsp3) is 0.143. The second kappa shape index (κ2) is 5.35. The third-order valence-electron chi connectivity index (χ3n) is 3.00. The molecule has 2 aromatic rings. The van der Waals surface area contributed by atoms with Gasteiger partial charge in [0.25, 0.3) is 5.91 Å². The highest BCUT2D eigenvalue weighted by molar-refractivity contribution is 6.08. The van der Waals surface area contributed by atoms with Crippen LogP contribution in [0.1, 0.15) is 32.1 Å². The van der Waals surface area contributed by atoms with E-state index >= 15 is 0 Å². The van der Waals surface area contributed by atoms with Crippen LogP contribution in [0.3, 0.4) is 0 Å². The van der Waals surface area contributed by atoms with Crippen molar-refractivity contribution < 1.29 is 23.5 Å². The van der Waals surface area contributed by atoms with Gasteiger partial charge in [0.1, 0.15) is 17.3 Å². The van der Waals surface area contributed by atoms with Crippen LogP contribution < -0.4 is 5.32 Å². The number of aryl methyl sites for hydroxylation is 1. The van der Waals surface area contributed by atoms with Gasteiger partial charge in [-0.1, -0.05) is 0 Å². The van der Waals surface area contributed by atoms with E-state index in [-0.39, 0.29) is 22.5 Å². The van der Waals surface area contributed by atoms with E-state index in [0.717, 1.165) is 12.1 Å². The summed E-state index contributed by atoms with van der Waals surface area (Å²) in [5.41, 5.74) is 0.614. The maximum Gasteiger partial charge on any atom is 0.352 e. The lowest BCUT2D eigenvalue weighted by molar-refractivity contribution is 0.0690. The number of hydrogen-bond acceptors (Lipinski definition) is 2. The molecule has 5 nitrogen and oxygen atoms in total. The SMILES string of the molecule is Cc1[nH]c(C(=O)O)c(C)c1C(=O)Nc1cc(F)cc(F)c1. The summed E-state index contributed by atoms with van der Waals surface area (Å²) < 4.78 is 26.1. The lowest BCUT2D eigenvalue weighted by Crippen LogP contribution is -2.14. The van der Waals surface area contributed by atoms with Gasteiger partial charge < -0.3 is 15.4 Å². The summed E-state index contributed by atoms with van der Waals surface area (Å²) in [6.07, 6.45) is 0. The Kier molecular flexibility index (Phi) is 3.75. The summed E-state index contributed by atoms with van der Waals surface area (Å²) in [5, 5.41) is 11.3. The van der Waals surface area contributed by atoms with Gasteiger partial charge in [0.2, 0.25) is 0 Å². The Hall–Kier alpha value is -2.70. The van der Waals surface area contributed by atoms with Gasteiger partial charge in [-0.15, -0.1) is 0 Å². The topological polar surface area (TPSA) is 82.2 Å². The average Bonchev–Trinajstić information content (AvgIpc) is 2.63. The van der Waals surface area contributed by atoms with Crippen LogP contribution >= 0.6 is 0 Å². The van der Waals surface area contributed by atoms with Crippen LogP contribution in [0.5, 0.6) is 0 Å². The molecule has 0 spiro atoms. The van der Waals surface area contributed by atoms with E-state index in [4.69, 9.17) is 5.11 Å². The normalized spacial score (nSPS) is 10.5. The molecule has 0 fully saturated rings. The molecular formula is C14H12F2N2O3. The molecule has 2 rings (SSSR count). The highest BCUT2D eigenvalue weighted by Gasteiger charge is 2.21. The lowest BCUT2D eigenvalue weighted by atomic mass is 10.1. The molecule has 0 saturated heterocycles. The average molecular weight is 294 g/mol. The molecule has 0 aliphatic rings. The van der Waals surface area contributed by atoms with Crippen molar-refractivity contribution in [3.8, 4) is 0 Å². The molecule has 1 aromatic carbocycles. The molecule has 0 aliphatic heterocycles. The van der Waals surface area contributed by atoms with Gasteiger partial charge in [-0.25, -0.2) is 13.6 Å². The van der Waals surface area contributed by atoms with Crippen LogP contribution in [0.4, 0.5) is 14.5 Å². The molecule has 110 valence electrons. The predicted molar refractivity (Wildman–Crippen MR) is 71.5 cm³/mol. The van der Waals surface area contributed by atoms with Gasteiger partial charge in [-0.05, 0) is 31.5 Å². The molecule has 1 aromatic heterocycles. The molecule has 7 heteroatoms. The third kappa shape index (κ3) is 2.91. The number of rotatable bonds is 3. The van der Waals surface area contributed by atoms with Crippen LogP contribution in [0, 0.1) is 25.5 Å². The minimum Gasteiger partial charge on any atom is -0.477 e. The Morgan fingerprint density at radius 3 is 2.19 bits per heavy atom. The van der Waals surface area contributed by atoms with Crippen molar-refractivity contribution in [3.63, 3.8) is 0 Å². The van der Waals surface area contributed by atoms with Gasteiger partial charge in [-0.3, -0.25) is 4.79 Å². The number of H-pyrrole nitrogens is 1. The zero-order valence-corrected chi connectivity index (χ0v) is 11.3. The van der Waals surface area contributed by atoms with Gasteiger partial charge in [0, 0.05) is 17.4 Å². The Balaban J connectivity index is 2.35. The molecular weight excluding hydrogens is 282 g/mol. The molecule has 0 radical (unpaired) electrons. The Bertz CT molecular complexity index is 718. The van der Waals surface area contributed by atoms with Crippen LogP contribution in [0.25, 0.3) is 0 Å². The standard InChI is InChI=1S/C14H12F2N2O3/c1-6-11(7(2)17-12(6)14(20)21)13(19)18-10-4-8(15)3-9(16)5-10/h3-5,17H,1-2H3,(H,18,19)(H,20,21). The van der Waals surface area contributed by atoms with E-state index in [2.05, 4.69) is 10.3 Å². The number of carboxylic acid groups (broad SMARTS) is 1. The Labute approximate surface area is 118 Å². The van der Waals surface area contributed by atoms with Crippen molar-refractivity contribution in [1.82, 2.24) is 4.98 Å². The van der Waals surface area contributed by atoms with Crippen LogP contribution in [0.2, 0.25) is 0 Å². The molecule has 1 heterocycles. The molecule has 0 unspecified atom stereocenters. The number of nitrogens with one attached hydrogen (secondary N) is 2. The summed E-state index contributed by atoms with van der Waals surface area (Å²) in [5.74, 6) is -3.47. The number of halogens is 2. The first-order valence-corrected chi connectivity index (χ1v) is 5.99. The molecule has 3 N–H and O–H groups in total. The monoisotopic (exact) mass is 294 g/mol. The maximum absolute atomic E-state index is 13.1. The van der Waals surface area contributed by atoms with Crippen LogP contribution in [-0.4, -0.2) is 22.0 Å². The summed E-state index contributed by atoms with van der Waals surface area (Å²) >= 11 is 0. The van der Waals surface area contributed by atoms with Gasteiger partial charge in [-0.2, -0.15) is 0 Å². The van der Waals surface area contributed by atoms with E-state index in [1.807, 2.05) is 0 Å². The summed E-state index contributed by atoms with van der Waals surface area (Å²) in [4.78, 5) is 25.7. The molecule has 0 aliphatic carbocycles. The Morgan fingerprint density at radius 2 is 1.71 bits per heavy atom. The molecule has 0 bridgehead atoms. The quantitative estimate of drug-likeness (QED) is 0.814. The largest absolute Gasteiger partial charge is 0.477 e. The number of aromatic carboxylic acids is 1. The Morgan fingerprint density at radius 1 is 1.14 bits per heavy atom. The van der Waals surface area contributed by atoms with E-state index in [0.29, 0.717) is 11.8 Å². The summed E-state index contributed by atoms with van der Waals surface area (Å²) in [7, 11) is 0. The first-order valence-electron chi connectivity index (χ1n) is 5.99. The van der Waals surface area contributed by atoms with Crippen molar-refractivity contribution in [1.29, 1.82) is 0 Å². The molecule has 0 saturated carbocycles. The second-order valence-electron chi connectivity index (χ2n) is 4.54. The van der Waals surface area contributed by atoms with E-state index in [1.165, 1.54) is 6.92 Å². The first-order chi connectivity index (χ1) is 9.79. The minimum absolute atomic E-state index is 0.0469. The number of carbonyl (C=O) groups excluding carboxylic acids is 1. The van der Waals surface area contributed by atoms with Crippen molar-refractivity contribution in [2.75, 3.05) is 5.32 Å². The van der Waals surface area contributed by atoms with Crippen molar-refractivity contribution in [3.05, 3.63) is 52.3 Å². The second-order valence-corrected chi connectivity index (χ2v) is 4.54. The number of anilines is 1. The van der Waals surface area contributed by atoms with E-state index in [1.54, 1.807) is 6.92 Å². The smallest absolute Gasteiger partial charge is 0.352 e. The molecule has 0 atom stereocenters. The summed E-state index contributed by atoms with van der Waals surface area (Å²) in [6, 6.07) is 2.62. The van der Waals surface area contributed by atoms with Crippen LogP contribution in [-0.2, 0) is 0 Å². The van der Waals surface area contributed by atoms with Gasteiger partial charge >= 0.3 is 5.97 Å². The van der Waals surface area contributed by atoms with Crippen molar-refractivity contribution >= 4 is 17.6 Å². The highest BCUT2D eigenvalue weighted by Crippen LogP contribution is 2.20. The number of carboxylic acids is 1. The van der Waals surface area contributed by atoms with Gasteiger partial charge in [0.15, 0.2) is 0 Å². The van der Waals surface area contributed by atoms with Gasteiger partial charge in [0.05, 0.1) is 5.56 Å². The number of amides is 1. The zero-order chi connectivity index (χ0) is 15.7. The number of hydrogen-bond donors (Lipinski definition) is 3. The number of aromatic nitrogens is 1. The number of benzene rings is 1. The number of aromatic amines is 1. The fourth-order valence-electron chi connectivity index (χ4n) is 2.12. The molecule has 21 heavy (non-hydrogen) atoms. The van der Waals surface area contributed by atoms with Crippen molar-refractivity contribution in [2.45, 2.75) is 13.8 Å². The molecule has 1 amide bonds. The zero-order valence-electron chi connectivity index (χ0n) is 11.3. The predicted octanol–water partition coefficient (Wildman–Crippen LogP) is 2.86. The number of carbonyl (C=O) groups is 2. The third-order valence-corrected chi connectivity index (χ3v) is 3.00. The minimum atomic E-state index is -1.19. The lowest BCUT2D eigenvalue weighted by Gasteiger charge is -2.06. The maximum atomic E-state index is 13.1. The van der Waals surface area contributed by atoms with E-state index < -0.39 is 23.5 Å². The fourth-order valence-corrected chi connectivity index (χ4v) is 2.12. The highest BCUT2D eigenvalue weighted by atomic mass is 19.1. The van der Waals surface area contributed by atoms with E-state index in [9.17, 15) is 18.4 Å².